The third-order valence-electron chi connectivity index (χ3n) is 6.70. The summed E-state index contributed by atoms with van der Waals surface area (Å²) in [6.45, 7) is 3.98. The molecule has 5 aromatic rings. The first-order chi connectivity index (χ1) is 17.3. The van der Waals surface area contributed by atoms with Crippen LogP contribution in [0, 0.1) is 13.8 Å². The number of aliphatic hydroxyl groups excluding tert-OH is 1. The first kappa shape index (κ1) is 24.4. The minimum Gasteiger partial charge on any atom is -0.389 e. The van der Waals surface area contributed by atoms with E-state index in [1.807, 2.05) is 62.4 Å². The monoisotopic (exact) mass is 518 g/mol. The van der Waals surface area contributed by atoms with Crippen LogP contribution in [0.5, 0.6) is 0 Å². The van der Waals surface area contributed by atoms with Crippen LogP contribution in [-0.2, 0) is 16.6 Å². The van der Waals surface area contributed by atoms with E-state index in [0.717, 1.165) is 32.9 Å². The molecule has 4 aromatic carbocycles. The fourth-order valence-electron chi connectivity index (χ4n) is 4.73. The van der Waals surface area contributed by atoms with Crippen LogP contribution in [0.4, 0.5) is 5.69 Å². The quantitative estimate of drug-likeness (QED) is 0.274. The Kier molecular flexibility index (Phi) is 6.51. The number of halogens is 1. The highest BCUT2D eigenvalue weighted by Crippen LogP contribution is 2.31. The van der Waals surface area contributed by atoms with Crippen molar-refractivity contribution in [2.24, 2.45) is 0 Å². The summed E-state index contributed by atoms with van der Waals surface area (Å²) in [5.41, 5.74) is 4.36. The summed E-state index contributed by atoms with van der Waals surface area (Å²) < 4.78 is 31.0. The van der Waals surface area contributed by atoms with Gasteiger partial charge in [0.05, 0.1) is 29.8 Å². The molecule has 0 spiro atoms. The summed E-state index contributed by atoms with van der Waals surface area (Å²) in [5, 5.41) is 14.0. The summed E-state index contributed by atoms with van der Waals surface area (Å²) in [5.74, 6) is 0. The molecule has 0 amide bonds. The Balaban J connectivity index is 1.56. The Morgan fingerprint density at radius 2 is 1.42 bits per heavy atom. The van der Waals surface area contributed by atoms with Crippen LogP contribution in [-0.4, -0.2) is 30.7 Å². The van der Waals surface area contributed by atoms with E-state index in [2.05, 4.69) is 16.7 Å². The summed E-state index contributed by atoms with van der Waals surface area (Å²) in [7, 11) is -3.96. The Morgan fingerprint density at radius 1 is 0.833 bits per heavy atom. The van der Waals surface area contributed by atoms with Crippen molar-refractivity contribution in [1.82, 2.24) is 4.57 Å². The zero-order valence-electron chi connectivity index (χ0n) is 20.1. The molecular formula is C29H27ClN2O3S. The molecule has 0 radical (unpaired) electrons. The molecule has 0 saturated carbocycles. The van der Waals surface area contributed by atoms with Crippen molar-refractivity contribution in [3.63, 3.8) is 0 Å². The van der Waals surface area contributed by atoms with E-state index in [1.165, 1.54) is 16.4 Å². The molecule has 5 nitrogen and oxygen atoms in total. The summed E-state index contributed by atoms with van der Waals surface area (Å²) in [4.78, 5) is 0.122. The fourth-order valence-corrected chi connectivity index (χ4v) is 6.41. The molecule has 0 aliphatic rings. The molecule has 0 aliphatic heterocycles. The van der Waals surface area contributed by atoms with E-state index in [1.54, 1.807) is 18.2 Å². The third kappa shape index (κ3) is 4.37. The third-order valence-corrected chi connectivity index (χ3v) is 8.74. The van der Waals surface area contributed by atoms with E-state index in [4.69, 9.17) is 11.6 Å². The standard InChI is InChI=1S/C29H27ClN2O3S/c1-20-8-7-13-27(21(20)2)32(36(34,35)24-16-14-22(30)15-17-24)19-23(33)18-31-28-11-5-3-9-25(28)26-10-4-6-12-29(26)31/h3-17,23,33H,18-19H2,1-2H3. The maximum Gasteiger partial charge on any atom is 0.264 e. The number of nitrogens with zero attached hydrogens (tertiary/aromatic N) is 2. The highest BCUT2D eigenvalue weighted by atomic mass is 35.5. The summed E-state index contributed by atoms with van der Waals surface area (Å²) in [6.07, 6.45) is -0.966. The number of aromatic nitrogens is 1. The Bertz CT molecular complexity index is 1610. The molecule has 1 N–H and O–H groups in total. The zero-order valence-corrected chi connectivity index (χ0v) is 21.7. The molecule has 1 atom stereocenters. The predicted octanol–water partition coefficient (Wildman–Crippen LogP) is 6.32. The lowest BCUT2D eigenvalue weighted by Crippen LogP contribution is -2.39. The minimum absolute atomic E-state index is 0.101. The second kappa shape index (κ2) is 9.62. The Hall–Kier alpha value is -3.32. The molecule has 0 fully saturated rings. The van der Waals surface area contributed by atoms with Gasteiger partial charge in [-0.25, -0.2) is 8.42 Å². The molecule has 0 aliphatic carbocycles. The van der Waals surface area contributed by atoms with Crippen LogP contribution in [0.2, 0.25) is 5.02 Å². The maximum absolute atomic E-state index is 13.8. The number of hydrogen-bond acceptors (Lipinski definition) is 3. The Morgan fingerprint density at radius 3 is 2.03 bits per heavy atom. The zero-order chi connectivity index (χ0) is 25.4. The van der Waals surface area contributed by atoms with E-state index in [-0.39, 0.29) is 18.0 Å². The van der Waals surface area contributed by atoms with Crippen molar-refractivity contribution >= 4 is 49.1 Å². The van der Waals surface area contributed by atoms with Gasteiger partial charge in [-0.05, 0) is 67.4 Å². The average molecular weight is 519 g/mol. The van der Waals surface area contributed by atoms with Crippen LogP contribution >= 0.6 is 11.6 Å². The number of rotatable bonds is 7. The van der Waals surface area contributed by atoms with Crippen molar-refractivity contribution < 1.29 is 13.5 Å². The van der Waals surface area contributed by atoms with E-state index < -0.39 is 16.1 Å². The van der Waals surface area contributed by atoms with Crippen molar-refractivity contribution in [1.29, 1.82) is 0 Å². The Labute approximate surface area is 216 Å². The van der Waals surface area contributed by atoms with Gasteiger partial charge in [-0.2, -0.15) is 0 Å². The molecule has 7 heteroatoms. The lowest BCUT2D eigenvalue weighted by molar-refractivity contribution is 0.166. The summed E-state index contributed by atoms with van der Waals surface area (Å²) >= 11 is 6.01. The minimum atomic E-state index is -3.96. The number of sulfonamides is 1. The van der Waals surface area contributed by atoms with Crippen molar-refractivity contribution in [2.45, 2.75) is 31.4 Å². The molecule has 1 unspecified atom stereocenters. The molecule has 1 heterocycles. The number of aryl methyl sites for hydroxylation is 1. The second-order valence-electron chi connectivity index (χ2n) is 9.01. The molecule has 36 heavy (non-hydrogen) atoms. The van der Waals surface area contributed by atoms with Gasteiger partial charge >= 0.3 is 0 Å². The molecule has 1 aromatic heterocycles. The predicted molar refractivity (Wildman–Crippen MR) is 147 cm³/mol. The van der Waals surface area contributed by atoms with Crippen LogP contribution < -0.4 is 4.31 Å². The normalized spacial score (nSPS) is 12.8. The van der Waals surface area contributed by atoms with Gasteiger partial charge in [0.2, 0.25) is 0 Å². The number of anilines is 1. The van der Waals surface area contributed by atoms with E-state index >= 15 is 0 Å². The maximum atomic E-state index is 13.8. The van der Waals surface area contributed by atoms with Crippen LogP contribution in [0.1, 0.15) is 11.1 Å². The highest BCUT2D eigenvalue weighted by molar-refractivity contribution is 7.92. The van der Waals surface area contributed by atoms with Crippen molar-refractivity contribution in [2.75, 3.05) is 10.8 Å². The SMILES string of the molecule is Cc1cccc(N(CC(O)Cn2c3ccccc3c3ccccc32)S(=O)(=O)c2ccc(Cl)cc2)c1C. The number of hydrogen-bond donors (Lipinski definition) is 1. The van der Waals surface area contributed by atoms with Gasteiger partial charge in [-0.1, -0.05) is 60.1 Å². The molecule has 184 valence electrons. The second-order valence-corrected chi connectivity index (χ2v) is 11.3. The largest absolute Gasteiger partial charge is 0.389 e. The lowest BCUT2D eigenvalue weighted by atomic mass is 10.1. The van der Waals surface area contributed by atoms with Crippen LogP contribution in [0.25, 0.3) is 21.8 Å². The first-order valence-corrected chi connectivity index (χ1v) is 13.6. The molecule has 0 bridgehead atoms. The fraction of sp³-hybridized carbons (Fsp3) is 0.172. The average Bonchev–Trinajstić information content (AvgIpc) is 3.18. The van der Waals surface area contributed by atoms with Crippen LogP contribution in [0.3, 0.4) is 0 Å². The van der Waals surface area contributed by atoms with Gasteiger partial charge in [-0.3, -0.25) is 4.31 Å². The molecular weight excluding hydrogens is 492 g/mol. The first-order valence-electron chi connectivity index (χ1n) is 11.8. The summed E-state index contributed by atoms with van der Waals surface area (Å²) in [6, 6.07) is 27.8. The van der Waals surface area contributed by atoms with Gasteiger partial charge < -0.3 is 9.67 Å². The van der Waals surface area contributed by atoms with Gasteiger partial charge in [-0.15, -0.1) is 0 Å². The molecule has 5 rings (SSSR count). The molecule has 0 saturated heterocycles. The number of para-hydroxylation sites is 2. The van der Waals surface area contributed by atoms with Gasteiger partial charge in [0, 0.05) is 26.8 Å². The van der Waals surface area contributed by atoms with Crippen molar-refractivity contribution in [3.05, 3.63) is 107 Å². The number of fused-ring (bicyclic) bond motifs is 3. The number of benzene rings is 4. The van der Waals surface area contributed by atoms with E-state index in [9.17, 15) is 13.5 Å². The topological polar surface area (TPSA) is 62.5 Å². The van der Waals surface area contributed by atoms with E-state index in [0.29, 0.717) is 10.7 Å². The highest BCUT2D eigenvalue weighted by Gasteiger charge is 2.29. The van der Waals surface area contributed by atoms with Crippen LogP contribution in [0.15, 0.2) is 95.9 Å². The smallest absolute Gasteiger partial charge is 0.264 e. The lowest BCUT2D eigenvalue weighted by Gasteiger charge is -2.29. The van der Waals surface area contributed by atoms with Crippen molar-refractivity contribution in [3.8, 4) is 0 Å². The number of aliphatic hydroxyl groups is 1. The van der Waals surface area contributed by atoms with Gasteiger partial charge in [0.15, 0.2) is 0 Å². The van der Waals surface area contributed by atoms with Gasteiger partial charge in [0.25, 0.3) is 10.0 Å². The van der Waals surface area contributed by atoms with Gasteiger partial charge in [0.1, 0.15) is 0 Å².